The van der Waals surface area contributed by atoms with Crippen molar-refractivity contribution in [2.45, 2.75) is 26.4 Å². The van der Waals surface area contributed by atoms with Crippen molar-refractivity contribution in [1.82, 2.24) is 0 Å². The van der Waals surface area contributed by atoms with E-state index in [0.717, 1.165) is 4.90 Å². The zero-order chi connectivity index (χ0) is 19.9. The molecule has 1 heterocycles. The number of rotatable bonds is 1. The number of ether oxygens (including phenoxy) is 1. The minimum absolute atomic E-state index is 0.302. The minimum atomic E-state index is -0.767. The third kappa shape index (κ3) is 4.13. The molecular weight excluding hydrogens is 409 g/mol. The predicted molar refractivity (Wildman–Crippen MR) is 110 cm³/mol. The zero-order valence-corrected chi connectivity index (χ0v) is 17.1. The van der Waals surface area contributed by atoms with E-state index in [-0.39, 0.29) is 0 Å². The van der Waals surface area contributed by atoms with Gasteiger partial charge in [-0.25, -0.2) is 9.69 Å². The van der Waals surface area contributed by atoms with Gasteiger partial charge in [0, 0.05) is 20.6 Å². The number of amides is 2. The van der Waals surface area contributed by atoms with E-state index in [1.807, 2.05) is 0 Å². The highest BCUT2D eigenvalue weighted by Crippen LogP contribution is 2.41. The van der Waals surface area contributed by atoms with E-state index in [1.54, 1.807) is 63.2 Å². The maximum absolute atomic E-state index is 13.0. The van der Waals surface area contributed by atoms with Crippen LogP contribution in [-0.2, 0) is 9.53 Å². The molecule has 0 bridgehead atoms. The number of benzene rings is 2. The molecule has 0 aliphatic carbocycles. The van der Waals surface area contributed by atoms with Gasteiger partial charge in [-0.15, -0.1) is 0 Å². The summed E-state index contributed by atoms with van der Waals surface area (Å²) in [5.41, 5.74) is 1.05. The third-order valence-electron chi connectivity index (χ3n) is 3.76. The maximum atomic E-state index is 13.0. The van der Waals surface area contributed by atoms with Crippen LogP contribution in [0.15, 0.2) is 36.4 Å². The molecule has 27 heavy (non-hydrogen) atoms. The van der Waals surface area contributed by atoms with Crippen molar-refractivity contribution in [3.8, 4) is 0 Å². The van der Waals surface area contributed by atoms with Crippen LogP contribution in [0.4, 0.5) is 10.5 Å². The summed E-state index contributed by atoms with van der Waals surface area (Å²) >= 11 is 18.3. The topological polar surface area (TPSA) is 46.6 Å². The Bertz CT molecular complexity index is 977. The van der Waals surface area contributed by atoms with E-state index in [2.05, 4.69) is 0 Å². The van der Waals surface area contributed by atoms with Crippen LogP contribution < -0.4 is 4.90 Å². The number of fused-ring (bicyclic) bond motifs is 1. The van der Waals surface area contributed by atoms with Crippen LogP contribution in [0.5, 0.6) is 0 Å². The number of hydrogen-bond acceptors (Lipinski definition) is 3. The van der Waals surface area contributed by atoms with E-state index in [4.69, 9.17) is 39.5 Å². The molecule has 2 amide bonds. The molecule has 2 aromatic carbocycles. The summed E-state index contributed by atoms with van der Waals surface area (Å²) in [7, 11) is 0. The Morgan fingerprint density at radius 3 is 2.33 bits per heavy atom. The lowest BCUT2D eigenvalue weighted by Crippen LogP contribution is -2.38. The standard InChI is InChI=1S/C20H16Cl3NO3/c1-20(2,3)27-19(26)24-17-10-13(22)4-6-14(17)15(18(24)25)9-11-8-12(21)5-7-16(11)23/h4-10H,1-3H3/b15-9+. The molecule has 0 saturated carbocycles. The summed E-state index contributed by atoms with van der Waals surface area (Å²) in [6.07, 6.45) is 0.838. The molecule has 0 aromatic heterocycles. The van der Waals surface area contributed by atoms with Crippen LogP contribution in [0, 0.1) is 0 Å². The van der Waals surface area contributed by atoms with Crippen molar-refractivity contribution in [3.63, 3.8) is 0 Å². The minimum Gasteiger partial charge on any atom is -0.443 e. The Morgan fingerprint density at radius 1 is 1.04 bits per heavy atom. The Labute approximate surface area is 172 Å². The molecule has 2 aromatic rings. The van der Waals surface area contributed by atoms with Crippen LogP contribution >= 0.6 is 34.8 Å². The molecule has 0 unspecified atom stereocenters. The molecule has 4 nitrogen and oxygen atoms in total. The lowest BCUT2D eigenvalue weighted by Gasteiger charge is -2.23. The average Bonchev–Trinajstić information content (AvgIpc) is 2.80. The van der Waals surface area contributed by atoms with Crippen molar-refractivity contribution in [2.24, 2.45) is 0 Å². The SMILES string of the molecule is CC(C)(C)OC(=O)N1C(=O)/C(=C/c2cc(Cl)ccc2Cl)c2ccc(Cl)cc21. The predicted octanol–water partition coefficient (Wildman–Crippen LogP) is 6.47. The number of halogens is 3. The lowest BCUT2D eigenvalue weighted by molar-refractivity contribution is -0.112. The summed E-state index contributed by atoms with van der Waals surface area (Å²) in [6, 6.07) is 9.84. The monoisotopic (exact) mass is 423 g/mol. The first-order chi connectivity index (χ1) is 12.6. The second-order valence-electron chi connectivity index (χ2n) is 7.01. The lowest BCUT2D eigenvalue weighted by atomic mass is 10.0. The molecule has 0 fully saturated rings. The fourth-order valence-electron chi connectivity index (χ4n) is 2.67. The van der Waals surface area contributed by atoms with Crippen molar-refractivity contribution in [2.75, 3.05) is 4.90 Å². The zero-order valence-electron chi connectivity index (χ0n) is 14.8. The van der Waals surface area contributed by atoms with Gasteiger partial charge in [0.15, 0.2) is 0 Å². The Morgan fingerprint density at radius 2 is 1.67 bits per heavy atom. The molecule has 0 atom stereocenters. The van der Waals surface area contributed by atoms with E-state index >= 15 is 0 Å². The van der Waals surface area contributed by atoms with Gasteiger partial charge in [0.2, 0.25) is 0 Å². The Hall–Kier alpha value is -2.01. The first-order valence-corrected chi connectivity index (χ1v) is 9.24. The summed E-state index contributed by atoms with van der Waals surface area (Å²) < 4.78 is 5.38. The van der Waals surface area contributed by atoms with Gasteiger partial charge in [0.25, 0.3) is 5.91 Å². The van der Waals surface area contributed by atoms with E-state index in [1.165, 1.54) is 0 Å². The molecule has 0 saturated heterocycles. The van der Waals surface area contributed by atoms with Gasteiger partial charge in [0.05, 0.1) is 11.3 Å². The molecule has 1 aliphatic rings. The number of imide groups is 1. The van der Waals surface area contributed by atoms with E-state index < -0.39 is 17.6 Å². The van der Waals surface area contributed by atoms with Gasteiger partial charge in [0.1, 0.15) is 5.60 Å². The molecule has 0 spiro atoms. The molecular formula is C20H16Cl3NO3. The summed E-state index contributed by atoms with van der Waals surface area (Å²) in [6.45, 7) is 5.19. The van der Waals surface area contributed by atoms with Gasteiger partial charge in [-0.2, -0.15) is 0 Å². The van der Waals surface area contributed by atoms with Crippen LogP contribution in [0.1, 0.15) is 31.9 Å². The fraction of sp³-hybridized carbons (Fsp3) is 0.200. The molecule has 1 aliphatic heterocycles. The summed E-state index contributed by atoms with van der Waals surface area (Å²) in [4.78, 5) is 26.7. The van der Waals surface area contributed by atoms with Gasteiger partial charge in [-0.1, -0.05) is 40.9 Å². The molecule has 140 valence electrons. The summed E-state index contributed by atoms with van der Waals surface area (Å²) in [5.74, 6) is -0.516. The molecule has 0 N–H and O–H groups in total. The Balaban J connectivity index is 2.13. The normalized spacial score (nSPS) is 15.3. The van der Waals surface area contributed by atoms with E-state index in [9.17, 15) is 9.59 Å². The smallest absolute Gasteiger partial charge is 0.422 e. The van der Waals surface area contributed by atoms with Crippen LogP contribution in [-0.4, -0.2) is 17.6 Å². The second kappa shape index (κ2) is 7.19. The van der Waals surface area contributed by atoms with Crippen molar-refractivity contribution >= 4 is 64.1 Å². The highest BCUT2D eigenvalue weighted by Gasteiger charge is 2.39. The molecule has 7 heteroatoms. The third-order valence-corrected chi connectivity index (χ3v) is 4.57. The number of nitrogens with zero attached hydrogens (tertiary/aromatic N) is 1. The molecule has 3 rings (SSSR count). The van der Waals surface area contributed by atoms with Crippen LogP contribution in [0.25, 0.3) is 11.6 Å². The van der Waals surface area contributed by atoms with Gasteiger partial charge in [-0.3, -0.25) is 4.79 Å². The summed E-state index contributed by atoms with van der Waals surface area (Å²) in [5, 5.41) is 1.32. The molecule has 0 radical (unpaired) electrons. The van der Waals surface area contributed by atoms with Gasteiger partial charge < -0.3 is 4.74 Å². The van der Waals surface area contributed by atoms with Crippen molar-refractivity contribution in [1.29, 1.82) is 0 Å². The Kier molecular flexibility index (Phi) is 5.26. The number of anilines is 1. The van der Waals surface area contributed by atoms with Crippen LogP contribution in [0.3, 0.4) is 0 Å². The van der Waals surface area contributed by atoms with E-state index in [0.29, 0.717) is 37.5 Å². The van der Waals surface area contributed by atoms with Crippen molar-refractivity contribution < 1.29 is 14.3 Å². The largest absolute Gasteiger partial charge is 0.443 e. The van der Waals surface area contributed by atoms with Gasteiger partial charge in [-0.05, 0) is 62.7 Å². The first kappa shape index (κ1) is 19.7. The maximum Gasteiger partial charge on any atom is 0.422 e. The van der Waals surface area contributed by atoms with Gasteiger partial charge >= 0.3 is 6.09 Å². The number of carbonyl (C=O) groups is 2. The quantitative estimate of drug-likeness (QED) is 0.493. The highest BCUT2D eigenvalue weighted by molar-refractivity contribution is 6.43. The average molecular weight is 425 g/mol. The van der Waals surface area contributed by atoms with Crippen molar-refractivity contribution in [3.05, 3.63) is 62.6 Å². The second-order valence-corrected chi connectivity index (χ2v) is 8.29. The number of carbonyl (C=O) groups excluding carboxylic acids is 2. The highest BCUT2D eigenvalue weighted by atomic mass is 35.5. The first-order valence-electron chi connectivity index (χ1n) is 8.11. The van der Waals surface area contributed by atoms with Crippen LogP contribution in [0.2, 0.25) is 15.1 Å². The fourth-order valence-corrected chi connectivity index (χ4v) is 3.19. The number of hydrogen-bond donors (Lipinski definition) is 0.